The highest BCUT2D eigenvalue weighted by Gasteiger charge is 2.12. The van der Waals surface area contributed by atoms with Crippen molar-refractivity contribution in [3.05, 3.63) is 36.9 Å². The third-order valence-corrected chi connectivity index (χ3v) is 3.47. The molecule has 0 aliphatic rings. The molecule has 0 unspecified atom stereocenters. The van der Waals surface area contributed by atoms with Gasteiger partial charge in [-0.15, -0.1) is 0 Å². The molecular formula is C11H14N2O3S. The fourth-order valence-electron chi connectivity index (χ4n) is 1.21. The van der Waals surface area contributed by atoms with Gasteiger partial charge in [0.05, 0.1) is 4.90 Å². The number of benzene rings is 1. The first-order valence-corrected chi connectivity index (χ1v) is 6.51. The summed E-state index contributed by atoms with van der Waals surface area (Å²) >= 11 is 0. The summed E-state index contributed by atoms with van der Waals surface area (Å²) in [4.78, 5) is 11.2. The highest BCUT2D eigenvalue weighted by Crippen LogP contribution is 2.15. The number of sulfonamides is 1. The zero-order valence-corrected chi connectivity index (χ0v) is 10.3. The lowest BCUT2D eigenvalue weighted by Gasteiger charge is -2.07. The zero-order chi connectivity index (χ0) is 12.9. The molecule has 1 aromatic carbocycles. The number of carbonyl (C=O) groups excluding carboxylic acids is 1. The molecule has 0 radical (unpaired) electrons. The van der Waals surface area contributed by atoms with Crippen LogP contribution in [0.3, 0.4) is 0 Å². The Morgan fingerprint density at radius 3 is 2.76 bits per heavy atom. The summed E-state index contributed by atoms with van der Waals surface area (Å²) < 4.78 is 25.8. The summed E-state index contributed by atoms with van der Waals surface area (Å²) in [6.07, 6.45) is 1.12. The Labute approximate surface area is 101 Å². The topological polar surface area (TPSA) is 75.3 Å². The second-order valence-electron chi connectivity index (χ2n) is 3.22. The number of hydrogen-bond acceptors (Lipinski definition) is 3. The van der Waals surface area contributed by atoms with Gasteiger partial charge in [0.15, 0.2) is 0 Å². The van der Waals surface area contributed by atoms with Gasteiger partial charge in [0, 0.05) is 12.2 Å². The monoisotopic (exact) mass is 254 g/mol. The molecular weight excluding hydrogens is 240 g/mol. The Hall–Kier alpha value is -1.66. The van der Waals surface area contributed by atoms with Crippen LogP contribution in [-0.4, -0.2) is 20.9 Å². The largest absolute Gasteiger partial charge is 0.322 e. The molecule has 92 valence electrons. The van der Waals surface area contributed by atoms with Crippen LogP contribution in [0.1, 0.15) is 6.92 Å². The molecule has 2 N–H and O–H groups in total. The lowest BCUT2D eigenvalue weighted by molar-refractivity contribution is -0.111. The van der Waals surface area contributed by atoms with Gasteiger partial charge in [-0.05, 0) is 24.3 Å². The molecule has 1 aromatic rings. The van der Waals surface area contributed by atoms with E-state index in [2.05, 4.69) is 16.6 Å². The molecule has 6 heteroatoms. The van der Waals surface area contributed by atoms with E-state index in [-0.39, 0.29) is 10.8 Å². The van der Waals surface area contributed by atoms with Gasteiger partial charge in [-0.3, -0.25) is 4.79 Å². The van der Waals surface area contributed by atoms with E-state index in [0.717, 1.165) is 6.08 Å². The van der Waals surface area contributed by atoms with E-state index < -0.39 is 10.0 Å². The first-order valence-electron chi connectivity index (χ1n) is 5.02. The van der Waals surface area contributed by atoms with Crippen molar-refractivity contribution in [1.29, 1.82) is 0 Å². The molecule has 0 heterocycles. The zero-order valence-electron chi connectivity index (χ0n) is 9.43. The van der Waals surface area contributed by atoms with E-state index in [1.54, 1.807) is 19.1 Å². The van der Waals surface area contributed by atoms with Gasteiger partial charge in [0.25, 0.3) is 0 Å². The van der Waals surface area contributed by atoms with Crippen LogP contribution in [-0.2, 0) is 14.8 Å². The number of hydrogen-bond donors (Lipinski definition) is 2. The number of rotatable bonds is 5. The minimum atomic E-state index is -3.50. The van der Waals surface area contributed by atoms with E-state index in [0.29, 0.717) is 12.2 Å². The van der Waals surface area contributed by atoms with E-state index >= 15 is 0 Å². The second-order valence-corrected chi connectivity index (χ2v) is 4.99. The van der Waals surface area contributed by atoms with Gasteiger partial charge in [0.1, 0.15) is 0 Å². The molecule has 0 aliphatic heterocycles. The lowest BCUT2D eigenvalue weighted by atomic mass is 10.3. The summed E-state index contributed by atoms with van der Waals surface area (Å²) in [5, 5.41) is 2.50. The van der Waals surface area contributed by atoms with Gasteiger partial charge in [-0.25, -0.2) is 13.1 Å². The van der Waals surface area contributed by atoms with Crippen molar-refractivity contribution in [3.63, 3.8) is 0 Å². The number of anilines is 1. The van der Waals surface area contributed by atoms with E-state index in [4.69, 9.17) is 0 Å². The molecule has 1 amide bonds. The van der Waals surface area contributed by atoms with Crippen molar-refractivity contribution in [2.45, 2.75) is 11.8 Å². The summed E-state index contributed by atoms with van der Waals surface area (Å²) in [5.41, 5.74) is 0.411. The van der Waals surface area contributed by atoms with Crippen LogP contribution in [0.2, 0.25) is 0 Å². The van der Waals surface area contributed by atoms with Crippen molar-refractivity contribution in [3.8, 4) is 0 Å². The SMILES string of the molecule is C=CC(=O)Nc1cccc(S(=O)(=O)NCC)c1. The smallest absolute Gasteiger partial charge is 0.247 e. The molecule has 0 aromatic heterocycles. The number of carbonyl (C=O) groups is 1. The molecule has 0 saturated carbocycles. The molecule has 0 saturated heterocycles. The Morgan fingerprint density at radius 2 is 2.18 bits per heavy atom. The molecule has 5 nitrogen and oxygen atoms in total. The minimum absolute atomic E-state index is 0.112. The number of nitrogens with one attached hydrogen (secondary N) is 2. The third-order valence-electron chi connectivity index (χ3n) is 1.93. The standard InChI is InChI=1S/C11H14N2O3S/c1-3-11(14)13-9-6-5-7-10(8-9)17(15,16)12-4-2/h3,5-8,12H,1,4H2,2H3,(H,13,14). The summed E-state index contributed by atoms with van der Waals surface area (Å²) in [6, 6.07) is 6.01. The normalized spacial score (nSPS) is 10.9. The molecule has 17 heavy (non-hydrogen) atoms. The quantitative estimate of drug-likeness (QED) is 0.773. The van der Waals surface area contributed by atoms with E-state index in [1.165, 1.54) is 12.1 Å². The molecule has 1 rings (SSSR count). The van der Waals surface area contributed by atoms with Gasteiger partial charge < -0.3 is 5.32 Å². The van der Waals surface area contributed by atoms with E-state index in [1.807, 2.05) is 0 Å². The van der Waals surface area contributed by atoms with Crippen LogP contribution in [0.5, 0.6) is 0 Å². The molecule has 0 spiro atoms. The Kier molecular flexibility index (Phi) is 4.42. The van der Waals surface area contributed by atoms with Crippen LogP contribution in [0.25, 0.3) is 0 Å². The first kappa shape index (κ1) is 13.4. The van der Waals surface area contributed by atoms with Crippen molar-refractivity contribution >= 4 is 21.6 Å². The predicted molar refractivity (Wildman–Crippen MR) is 66.1 cm³/mol. The average molecular weight is 254 g/mol. The highest BCUT2D eigenvalue weighted by atomic mass is 32.2. The minimum Gasteiger partial charge on any atom is -0.322 e. The Bertz CT molecular complexity index is 523. The van der Waals surface area contributed by atoms with E-state index in [9.17, 15) is 13.2 Å². The van der Waals surface area contributed by atoms with Crippen molar-refractivity contribution in [2.75, 3.05) is 11.9 Å². The maximum Gasteiger partial charge on any atom is 0.247 e. The van der Waals surface area contributed by atoms with Gasteiger partial charge in [0.2, 0.25) is 15.9 Å². The maximum absolute atomic E-state index is 11.7. The van der Waals surface area contributed by atoms with Crippen LogP contribution >= 0.6 is 0 Å². The third kappa shape index (κ3) is 3.69. The molecule has 0 atom stereocenters. The average Bonchev–Trinajstić information content (AvgIpc) is 2.29. The van der Waals surface area contributed by atoms with Crippen molar-refractivity contribution in [1.82, 2.24) is 4.72 Å². The van der Waals surface area contributed by atoms with Crippen LogP contribution in [0.15, 0.2) is 41.8 Å². The summed E-state index contributed by atoms with van der Waals surface area (Å²) in [5.74, 6) is -0.386. The fourth-order valence-corrected chi connectivity index (χ4v) is 2.29. The van der Waals surface area contributed by atoms with Gasteiger partial charge >= 0.3 is 0 Å². The van der Waals surface area contributed by atoms with Gasteiger partial charge in [-0.1, -0.05) is 19.6 Å². The highest BCUT2D eigenvalue weighted by molar-refractivity contribution is 7.89. The summed E-state index contributed by atoms with van der Waals surface area (Å²) in [6.45, 7) is 5.32. The van der Waals surface area contributed by atoms with Gasteiger partial charge in [-0.2, -0.15) is 0 Å². The van der Waals surface area contributed by atoms with Crippen LogP contribution in [0.4, 0.5) is 5.69 Å². The molecule has 0 fully saturated rings. The van der Waals surface area contributed by atoms with Crippen molar-refractivity contribution in [2.24, 2.45) is 0 Å². The van der Waals surface area contributed by atoms with Crippen LogP contribution < -0.4 is 10.0 Å². The lowest BCUT2D eigenvalue weighted by Crippen LogP contribution is -2.23. The Morgan fingerprint density at radius 1 is 1.47 bits per heavy atom. The molecule has 0 aliphatic carbocycles. The van der Waals surface area contributed by atoms with Crippen LogP contribution in [0, 0.1) is 0 Å². The van der Waals surface area contributed by atoms with Crippen molar-refractivity contribution < 1.29 is 13.2 Å². The fraction of sp³-hybridized carbons (Fsp3) is 0.182. The Balaban J connectivity index is 3.01. The first-order chi connectivity index (χ1) is 7.99. The molecule has 0 bridgehead atoms. The predicted octanol–water partition coefficient (Wildman–Crippen LogP) is 1.11. The maximum atomic E-state index is 11.7. The number of amides is 1. The second kappa shape index (κ2) is 5.60. The summed E-state index contributed by atoms with van der Waals surface area (Å²) in [7, 11) is -3.50.